The van der Waals surface area contributed by atoms with E-state index in [0.717, 1.165) is 62.4 Å². The average molecular weight is 359 g/mol. The van der Waals surface area contributed by atoms with E-state index in [1.54, 1.807) is 6.07 Å². The molecule has 2 saturated heterocycles. The van der Waals surface area contributed by atoms with Gasteiger partial charge in [-0.3, -0.25) is 5.10 Å². The van der Waals surface area contributed by atoms with Gasteiger partial charge in [0, 0.05) is 25.7 Å². The highest BCUT2D eigenvalue weighted by Gasteiger charge is 2.28. The summed E-state index contributed by atoms with van der Waals surface area (Å²) in [5.41, 5.74) is 1.70. The van der Waals surface area contributed by atoms with Crippen molar-refractivity contribution in [2.75, 3.05) is 24.5 Å². The molecule has 2 aliphatic heterocycles. The molecule has 6 nitrogen and oxygen atoms in total. The quantitative estimate of drug-likeness (QED) is 0.830. The summed E-state index contributed by atoms with van der Waals surface area (Å²) in [6.07, 6.45) is 5.86. The summed E-state index contributed by atoms with van der Waals surface area (Å²) < 4.78 is 20.5. The smallest absolute Gasteiger partial charge is 0.153 e. The highest BCUT2D eigenvalue weighted by atomic mass is 19.1. The molecule has 1 aromatic carbocycles. The van der Waals surface area contributed by atoms with E-state index in [1.807, 2.05) is 12.1 Å². The lowest BCUT2D eigenvalue weighted by Gasteiger charge is -2.21. The van der Waals surface area contributed by atoms with Crippen LogP contribution < -0.4 is 10.2 Å². The Hall–Kier alpha value is -1.99. The lowest BCUT2D eigenvalue weighted by molar-refractivity contribution is 0.0390. The van der Waals surface area contributed by atoms with Gasteiger partial charge >= 0.3 is 0 Å². The van der Waals surface area contributed by atoms with Crippen molar-refractivity contribution in [1.29, 1.82) is 0 Å². The minimum atomic E-state index is -0.124. The molecule has 0 saturated carbocycles. The van der Waals surface area contributed by atoms with Crippen LogP contribution in [0.2, 0.25) is 0 Å². The van der Waals surface area contributed by atoms with Crippen LogP contribution in [0.15, 0.2) is 24.5 Å². The van der Waals surface area contributed by atoms with Gasteiger partial charge in [-0.2, -0.15) is 5.10 Å². The van der Waals surface area contributed by atoms with Gasteiger partial charge < -0.3 is 15.0 Å². The summed E-state index contributed by atoms with van der Waals surface area (Å²) in [6, 6.07) is 5.68. The van der Waals surface area contributed by atoms with Crippen LogP contribution in [0.4, 0.5) is 10.1 Å². The maximum absolute atomic E-state index is 14.5. The Balaban J connectivity index is 1.31. The summed E-state index contributed by atoms with van der Waals surface area (Å²) in [5.74, 6) is 0.667. The maximum Gasteiger partial charge on any atom is 0.153 e. The van der Waals surface area contributed by atoms with E-state index in [0.29, 0.717) is 0 Å². The van der Waals surface area contributed by atoms with Crippen LogP contribution in [0, 0.1) is 5.82 Å². The summed E-state index contributed by atoms with van der Waals surface area (Å²) >= 11 is 0. The molecule has 140 valence electrons. The van der Waals surface area contributed by atoms with Crippen LogP contribution in [0.3, 0.4) is 0 Å². The fourth-order valence-corrected chi connectivity index (χ4v) is 3.86. The van der Waals surface area contributed by atoms with Crippen LogP contribution in [-0.2, 0) is 4.74 Å². The highest BCUT2D eigenvalue weighted by molar-refractivity contribution is 5.50. The van der Waals surface area contributed by atoms with Gasteiger partial charge in [-0.15, -0.1) is 0 Å². The molecule has 0 aliphatic carbocycles. The summed E-state index contributed by atoms with van der Waals surface area (Å²) in [6.45, 7) is 4.71. The Morgan fingerprint density at radius 3 is 2.92 bits per heavy atom. The predicted octanol–water partition coefficient (Wildman–Crippen LogP) is 3.11. The molecule has 1 aromatic heterocycles. The van der Waals surface area contributed by atoms with Gasteiger partial charge in [0.1, 0.15) is 18.2 Å². The molecule has 1 unspecified atom stereocenters. The Kier molecular flexibility index (Phi) is 5.17. The topological polar surface area (TPSA) is 66.1 Å². The number of hydrogen-bond donors (Lipinski definition) is 2. The van der Waals surface area contributed by atoms with Crippen molar-refractivity contribution in [3.8, 4) is 0 Å². The molecule has 26 heavy (non-hydrogen) atoms. The van der Waals surface area contributed by atoms with Gasteiger partial charge in [-0.25, -0.2) is 9.37 Å². The molecule has 0 amide bonds. The minimum Gasteiger partial charge on any atom is -0.369 e. The van der Waals surface area contributed by atoms with Gasteiger partial charge in [0.15, 0.2) is 5.82 Å². The van der Waals surface area contributed by atoms with Crippen LogP contribution in [0.5, 0.6) is 0 Å². The zero-order valence-electron chi connectivity index (χ0n) is 15.1. The normalized spacial score (nSPS) is 24.3. The van der Waals surface area contributed by atoms with E-state index in [-0.39, 0.29) is 24.1 Å². The molecule has 2 N–H and O–H groups in total. The molecular formula is C19H26FN5O. The lowest BCUT2D eigenvalue weighted by atomic mass is 10.1. The van der Waals surface area contributed by atoms with Crippen molar-refractivity contribution in [3.05, 3.63) is 41.7 Å². The molecular weight excluding hydrogens is 333 g/mol. The first-order valence-electron chi connectivity index (χ1n) is 9.49. The Morgan fingerprint density at radius 2 is 2.19 bits per heavy atom. The van der Waals surface area contributed by atoms with Crippen molar-refractivity contribution < 1.29 is 9.13 Å². The SMILES string of the molecule is CC(NC[C@H]1CC[C@@H](c2ncn[nH]2)O1)c1ccc(N2CCCC2)c(F)c1. The molecule has 4 rings (SSSR count). The van der Waals surface area contributed by atoms with Crippen molar-refractivity contribution in [2.45, 2.75) is 50.9 Å². The number of rotatable bonds is 6. The summed E-state index contributed by atoms with van der Waals surface area (Å²) in [7, 11) is 0. The van der Waals surface area contributed by atoms with Crippen LogP contribution in [0.25, 0.3) is 0 Å². The van der Waals surface area contributed by atoms with Gasteiger partial charge in [0.2, 0.25) is 0 Å². The summed E-state index contributed by atoms with van der Waals surface area (Å²) in [4.78, 5) is 6.30. The van der Waals surface area contributed by atoms with Crippen molar-refractivity contribution in [3.63, 3.8) is 0 Å². The second-order valence-electron chi connectivity index (χ2n) is 7.23. The number of anilines is 1. The number of H-pyrrole nitrogens is 1. The first-order chi connectivity index (χ1) is 12.7. The molecule has 0 bridgehead atoms. The third kappa shape index (κ3) is 3.73. The third-order valence-electron chi connectivity index (χ3n) is 5.42. The highest BCUT2D eigenvalue weighted by Crippen LogP contribution is 2.31. The minimum absolute atomic E-state index is 0.00297. The van der Waals surface area contributed by atoms with E-state index >= 15 is 0 Å². The van der Waals surface area contributed by atoms with E-state index in [4.69, 9.17) is 4.74 Å². The number of aromatic amines is 1. The fraction of sp³-hybridized carbons (Fsp3) is 0.579. The molecule has 0 radical (unpaired) electrons. The monoisotopic (exact) mass is 359 g/mol. The second-order valence-corrected chi connectivity index (χ2v) is 7.23. The predicted molar refractivity (Wildman–Crippen MR) is 97.5 cm³/mol. The summed E-state index contributed by atoms with van der Waals surface area (Å²) in [5, 5.41) is 10.2. The maximum atomic E-state index is 14.5. The number of hydrogen-bond acceptors (Lipinski definition) is 5. The number of aromatic nitrogens is 3. The van der Waals surface area contributed by atoms with Gasteiger partial charge in [-0.05, 0) is 50.3 Å². The largest absolute Gasteiger partial charge is 0.369 e. The van der Waals surface area contributed by atoms with Crippen LogP contribution in [0.1, 0.15) is 56.1 Å². The zero-order chi connectivity index (χ0) is 17.9. The number of benzene rings is 1. The molecule has 3 atom stereocenters. The van der Waals surface area contributed by atoms with E-state index in [2.05, 4.69) is 32.3 Å². The van der Waals surface area contributed by atoms with E-state index in [1.165, 1.54) is 6.33 Å². The second kappa shape index (κ2) is 7.72. The molecule has 3 heterocycles. The van der Waals surface area contributed by atoms with Gasteiger partial charge in [0.25, 0.3) is 0 Å². The molecule has 7 heteroatoms. The number of nitrogens with one attached hydrogen (secondary N) is 2. The third-order valence-corrected chi connectivity index (χ3v) is 5.42. The zero-order valence-corrected chi connectivity index (χ0v) is 15.1. The standard InChI is InChI=1S/C19H26FN5O/c1-13(14-4-6-17(16(20)10-14)25-8-2-3-9-25)21-11-15-5-7-18(26-15)19-22-12-23-24-19/h4,6,10,12-13,15,18,21H,2-3,5,7-9,11H2,1H3,(H,22,23,24)/t13?,15-,18+/m1/s1. The molecule has 2 aliphatic rings. The van der Waals surface area contributed by atoms with Gasteiger partial charge in [-0.1, -0.05) is 6.07 Å². The first-order valence-corrected chi connectivity index (χ1v) is 9.49. The van der Waals surface area contributed by atoms with Crippen LogP contribution >= 0.6 is 0 Å². The van der Waals surface area contributed by atoms with Crippen molar-refractivity contribution in [1.82, 2.24) is 20.5 Å². The Labute approximate surface area is 153 Å². The van der Waals surface area contributed by atoms with Crippen molar-refractivity contribution in [2.24, 2.45) is 0 Å². The van der Waals surface area contributed by atoms with Crippen LogP contribution in [-0.4, -0.2) is 40.9 Å². The van der Waals surface area contributed by atoms with E-state index in [9.17, 15) is 4.39 Å². The molecule has 2 aromatic rings. The van der Waals surface area contributed by atoms with E-state index < -0.39 is 0 Å². The average Bonchev–Trinajstić information content (AvgIpc) is 3.41. The lowest BCUT2D eigenvalue weighted by Crippen LogP contribution is -2.29. The number of nitrogens with zero attached hydrogens (tertiary/aromatic N) is 3. The van der Waals surface area contributed by atoms with Crippen molar-refractivity contribution >= 4 is 5.69 Å². The first kappa shape index (κ1) is 17.4. The fourth-order valence-electron chi connectivity index (χ4n) is 3.86. The van der Waals surface area contributed by atoms with Gasteiger partial charge in [0.05, 0.1) is 11.8 Å². The Bertz CT molecular complexity index is 717. The number of ether oxygens (including phenoxy) is 1. The molecule has 0 spiro atoms. The number of halogens is 1. The Morgan fingerprint density at radius 1 is 1.35 bits per heavy atom. The molecule has 2 fully saturated rings.